The van der Waals surface area contributed by atoms with E-state index in [1.54, 1.807) is 17.0 Å². The maximum Gasteiger partial charge on any atom is 0.335 e. The monoisotopic (exact) mass is 394 g/mol. The molecule has 3 rings (SSSR count). The third-order valence-corrected chi connectivity index (χ3v) is 5.23. The number of fused-ring (bicyclic) bond motifs is 1. The number of nitrogens with one attached hydrogen (secondary N) is 1. The van der Waals surface area contributed by atoms with Gasteiger partial charge in [0.15, 0.2) is 0 Å². The molecule has 2 aromatic carbocycles. The van der Waals surface area contributed by atoms with Gasteiger partial charge in [-0.3, -0.25) is 9.59 Å². The lowest BCUT2D eigenvalue weighted by Gasteiger charge is -2.33. The van der Waals surface area contributed by atoms with Crippen LogP contribution in [0.25, 0.3) is 0 Å². The van der Waals surface area contributed by atoms with E-state index < -0.39 is 12.0 Å². The summed E-state index contributed by atoms with van der Waals surface area (Å²) in [5.74, 6) is -1.36. The molecule has 1 atom stereocenters. The second kappa shape index (κ2) is 8.90. The van der Waals surface area contributed by atoms with Gasteiger partial charge in [-0.05, 0) is 41.2 Å². The van der Waals surface area contributed by atoms with E-state index in [4.69, 9.17) is 0 Å². The van der Waals surface area contributed by atoms with Crippen LogP contribution in [0.15, 0.2) is 48.5 Å². The minimum atomic E-state index is -0.982. The molecule has 0 aromatic heterocycles. The number of rotatable bonds is 6. The van der Waals surface area contributed by atoms with Gasteiger partial charge in [-0.25, -0.2) is 4.79 Å². The predicted octanol–water partition coefficient (Wildman–Crippen LogP) is 2.65. The van der Waals surface area contributed by atoms with Gasteiger partial charge in [0.2, 0.25) is 11.8 Å². The highest BCUT2D eigenvalue weighted by molar-refractivity contribution is 5.89. The van der Waals surface area contributed by atoms with Gasteiger partial charge in [-0.2, -0.15) is 0 Å². The molecule has 6 heteroatoms. The second-order valence-corrected chi connectivity index (χ2v) is 7.75. The summed E-state index contributed by atoms with van der Waals surface area (Å²) in [6.07, 6.45) is 0.895. The number of nitrogens with zero attached hydrogens (tertiary/aromatic N) is 1. The van der Waals surface area contributed by atoms with E-state index in [0.717, 1.165) is 16.7 Å². The van der Waals surface area contributed by atoms with E-state index in [0.29, 0.717) is 19.5 Å². The maximum atomic E-state index is 13.2. The SMILES string of the molecule is CC(C)C(NC(=O)Cc1ccccc1)C(=O)N1CCc2ccc(C(=O)O)cc2C1. The van der Waals surface area contributed by atoms with Crippen molar-refractivity contribution in [2.45, 2.75) is 39.3 Å². The van der Waals surface area contributed by atoms with Gasteiger partial charge in [-0.1, -0.05) is 50.2 Å². The second-order valence-electron chi connectivity index (χ2n) is 7.75. The van der Waals surface area contributed by atoms with E-state index in [1.165, 1.54) is 0 Å². The van der Waals surface area contributed by atoms with E-state index >= 15 is 0 Å². The fraction of sp³-hybridized carbons (Fsp3) is 0.348. The molecular weight excluding hydrogens is 368 g/mol. The van der Waals surface area contributed by atoms with E-state index in [9.17, 15) is 19.5 Å². The van der Waals surface area contributed by atoms with Crippen LogP contribution in [0.4, 0.5) is 0 Å². The van der Waals surface area contributed by atoms with Crippen molar-refractivity contribution in [1.29, 1.82) is 0 Å². The standard InChI is InChI=1S/C23H26N2O4/c1-15(2)21(24-20(26)12-16-6-4-3-5-7-16)22(27)25-11-10-17-8-9-18(23(28)29)13-19(17)14-25/h3-9,13,15,21H,10-12,14H2,1-2H3,(H,24,26)(H,28,29). The normalized spacial score (nSPS) is 14.2. The first-order chi connectivity index (χ1) is 13.8. The predicted molar refractivity (Wildman–Crippen MR) is 109 cm³/mol. The third kappa shape index (κ3) is 5.02. The van der Waals surface area contributed by atoms with Crippen LogP contribution in [0.2, 0.25) is 0 Å². The fourth-order valence-electron chi connectivity index (χ4n) is 3.59. The molecule has 1 heterocycles. The lowest BCUT2D eigenvalue weighted by Crippen LogP contribution is -2.52. The first kappa shape index (κ1) is 20.6. The fourth-order valence-corrected chi connectivity index (χ4v) is 3.59. The van der Waals surface area contributed by atoms with Crippen molar-refractivity contribution in [3.63, 3.8) is 0 Å². The van der Waals surface area contributed by atoms with Gasteiger partial charge in [0.1, 0.15) is 6.04 Å². The van der Waals surface area contributed by atoms with Crippen LogP contribution in [0, 0.1) is 5.92 Å². The Hall–Kier alpha value is -3.15. The average Bonchev–Trinajstić information content (AvgIpc) is 2.71. The van der Waals surface area contributed by atoms with Crippen molar-refractivity contribution in [2.24, 2.45) is 5.92 Å². The third-order valence-electron chi connectivity index (χ3n) is 5.23. The summed E-state index contributed by atoms with van der Waals surface area (Å²) >= 11 is 0. The van der Waals surface area contributed by atoms with Crippen LogP contribution in [0.1, 0.15) is 40.9 Å². The number of carbonyl (C=O) groups is 3. The zero-order chi connectivity index (χ0) is 21.0. The summed E-state index contributed by atoms with van der Waals surface area (Å²) in [5, 5.41) is 12.1. The summed E-state index contributed by atoms with van der Waals surface area (Å²) < 4.78 is 0. The molecule has 2 amide bonds. The van der Waals surface area contributed by atoms with Crippen molar-refractivity contribution in [1.82, 2.24) is 10.2 Å². The zero-order valence-electron chi connectivity index (χ0n) is 16.7. The van der Waals surface area contributed by atoms with Crippen LogP contribution in [0.5, 0.6) is 0 Å². The average molecular weight is 394 g/mol. The number of benzene rings is 2. The van der Waals surface area contributed by atoms with Crippen LogP contribution in [0.3, 0.4) is 0 Å². The summed E-state index contributed by atoms with van der Waals surface area (Å²) in [7, 11) is 0. The number of hydrogen-bond donors (Lipinski definition) is 2. The lowest BCUT2D eigenvalue weighted by atomic mass is 9.95. The maximum absolute atomic E-state index is 13.2. The molecule has 0 radical (unpaired) electrons. The highest BCUT2D eigenvalue weighted by atomic mass is 16.4. The molecule has 152 valence electrons. The molecule has 0 spiro atoms. The molecule has 2 N–H and O–H groups in total. The van der Waals surface area contributed by atoms with Gasteiger partial charge in [-0.15, -0.1) is 0 Å². The summed E-state index contributed by atoms with van der Waals surface area (Å²) in [5.41, 5.74) is 3.03. The molecule has 1 unspecified atom stereocenters. The van der Waals surface area contributed by atoms with Crippen molar-refractivity contribution in [3.8, 4) is 0 Å². The zero-order valence-corrected chi connectivity index (χ0v) is 16.7. The van der Waals surface area contributed by atoms with Crippen molar-refractivity contribution >= 4 is 17.8 Å². The van der Waals surface area contributed by atoms with Crippen LogP contribution in [-0.4, -0.2) is 40.4 Å². The Balaban J connectivity index is 1.70. The molecule has 29 heavy (non-hydrogen) atoms. The summed E-state index contributed by atoms with van der Waals surface area (Å²) in [6.45, 7) is 4.72. The number of carboxylic acids is 1. The molecule has 0 aliphatic carbocycles. The number of aromatic carboxylic acids is 1. The minimum absolute atomic E-state index is 0.0611. The van der Waals surface area contributed by atoms with Gasteiger partial charge < -0.3 is 15.3 Å². The van der Waals surface area contributed by atoms with Crippen LogP contribution in [-0.2, 0) is 29.0 Å². The molecule has 2 aromatic rings. The quantitative estimate of drug-likeness (QED) is 0.789. The highest BCUT2D eigenvalue weighted by Gasteiger charge is 2.30. The molecule has 6 nitrogen and oxygen atoms in total. The Morgan fingerprint density at radius 3 is 2.45 bits per heavy atom. The van der Waals surface area contributed by atoms with E-state index in [1.807, 2.05) is 50.2 Å². The van der Waals surface area contributed by atoms with Crippen molar-refractivity contribution in [3.05, 3.63) is 70.8 Å². The van der Waals surface area contributed by atoms with Crippen molar-refractivity contribution in [2.75, 3.05) is 6.54 Å². The smallest absolute Gasteiger partial charge is 0.335 e. The Bertz CT molecular complexity index is 908. The Kier molecular flexibility index (Phi) is 6.32. The number of carboxylic acid groups (broad SMARTS) is 1. The van der Waals surface area contributed by atoms with Gasteiger partial charge in [0, 0.05) is 13.1 Å². The van der Waals surface area contributed by atoms with Gasteiger partial charge in [0.05, 0.1) is 12.0 Å². The molecule has 1 aliphatic heterocycles. The summed E-state index contributed by atoms with van der Waals surface area (Å²) in [6, 6.07) is 13.9. The molecular formula is C23H26N2O4. The number of amides is 2. The molecule has 0 saturated carbocycles. The van der Waals surface area contributed by atoms with Crippen LogP contribution >= 0.6 is 0 Å². The minimum Gasteiger partial charge on any atom is -0.478 e. The highest BCUT2D eigenvalue weighted by Crippen LogP contribution is 2.22. The van der Waals surface area contributed by atoms with Gasteiger partial charge >= 0.3 is 5.97 Å². The number of hydrogen-bond acceptors (Lipinski definition) is 3. The first-order valence-electron chi connectivity index (χ1n) is 9.82. The van der Waals surface area contributed by atoms with Crippen molar-refractivity contribution < 1.29 is 19.5 Å². The molecule has 1 aliphatic rings. The van der Waals surface area contributed by atoms with E-state index in [-0.39, 0.29) is 29.7 Å². The molecule has 0 saturated heterocycles. The first-order valence-corrected chi connectivity index (χ1v) is 9.82. The molecule has 0 bridgehead atoms. The topological polar surface area (TPSA) is 86.7 Å². The molecule has 0 fully saturated rings. The Morgan fingerprint density at radius 1 is 1.07 bits per heavy atom. The Morgan fingerprint density at radius 2 is 1.79 bits per heavy atom. The Labute approximate surface area is 170 Å². The van der Waals surface area contributed by atoms with Crippen LogP contribution < -0.4 is 5.32 Å². The number of carbonyl (C=O) groups excluding carboxylic acids is 2. The van der Waals surface area contributed by atoms with E-state index in [2.05, 4.69) is 5.32 Å². The van der Waals surface area contributed by atoms with Gasteiger partial charge in [0.25, 0.3) is 0 Å². The lowest BCUT2D eigenvalue weighted by molar-refractivity contribution is -0.138. The summed E-state index contributed by atoms with van der Waals surface area (Å²) in [4.78, 5) is 38.6. The largest absolute Gasteiger partial charge is 0.478 e.